The summed E-state index contributed by atoms with van der Waals surface area (Å²) in [6, 6.07) is 0. The first-order valence-electron chi connectivity index (χ1n) is 6.41. The second kappa shape index (κ2) is 7.01. The number of aromatic nitrogens is 1. The standard InChI is InChI=1S/C12H15F4N3O2/c13-8-10(9(14)12(16)18-11(8)15)17-5-7(20)6-19-1-3-21-4-2-19/h7,20H,1-6H2,(H,17,18). The minimum absolute atomic E-state index is 0.256. The van der Waals surface area contributed by atoms with Crippen LogP contribution in [0.25, 0.3) is 0 Å². The zero-order chi connectivity index (χ0) is 15.4. The molecule has 0 aromatic carbocycles. The summed E-state index contributed by atoms with van der Waals surface area (Å²) >= 11 is 0. The number of nitrogens with one attached hydrogen (secondary N) is 1. The quantitative estimate of drug-likeness (QED) is 0.621. The zero-order valence-corrected chi connectivity index (χ0v) is 11.1. The van der Waals surface area contributed by atoms with Crippen molar-refractivity contribution < 1.29 is 27.4 Å². The predicted molar refractivity (Wildman–Crippen MR) is 65.8 cm³/mol. The van der Waals surface area contributed by atoms with Crippen LogP contribution in [0, 0.1) is 23.5 Å². The van der Waals surface area contributed by atoms with E-state index in [2.05, 4.69) is 10.3 Å². The summed E-state index contributed by atoms with van der Waals surface area (Å²) in [7, 11) is 0. The summed E-state index contributed by atoms with van der Waals surface area (Å²) in [5.74, 6) is -6.71. The van der Waals surface area contributed by atoms with E-state index in [-0.39, 0.29) is 13.1 Å². The van der Waals surface area contributed by atoms with Crippen molar-refractivity contribution in [3.8, 4) is 0 Å². The fraction of sp³-hybridized carbons (Fsp3) is 0.583. The van der Waals surface area contributed by atoms with Crippen molar-refractivity contribution in [3.63, 3.8) is 0 Å². The molecule has 0 radical (unpaired) electrons. The van der Waals surface area contributed by atoms with Crippen molar-refractivity contribution in [2.75, 3.05) is 44.7 Å². The number of aliphatic hydroxyl groups excluding tert-OH is 1. The Balaban J connectivity index is 1.93. The first kappa shape index (κ1) is 15.9. The van der Waals surface area contributed by atoms with Crippen LogP contribution in [0.4, 0.5) is 23.2 Å². The molecule has 1 aromatic rings. The van der Waals surface area contributed by atoms with Gasteiger partial charge in [-0.05, 0) is 0 Å². The van der Waals surface area contributed by atoms with Crippen molar-refractivity contribution >= 4 is 5.69 Å². The van der Waals surface area contributed by atoms with Crippen molar-refractivity contribution in [1.82, 2.24) is 9.88 Å². The van der Waals surface area contributed by atoms with Crippen LogP contribution in [0.3, 0.4) is 0 Å². The fourth-order valence-corrected chi connectivity index (χ4v) is 2.01. The Kier molecular flexibility index (Phi) is 5.32. The number of ether oxygens (including phenoxy) is 1. The maximum Gasteiger partial charge on any atom is 0.253 e. The molecule has 1 fully saturated rings. The number of pyridine rings is 1. The Hall–Kier alpha value is -1.45. The van der Waals surface area contributed by atoms with Gasteiger partial charge in [-0.2, -0.15) is 22.5 Å². The highest BCUT2D eigenvalue weighted by molar-refractivity contribution is 5.45. The fourth-order valence-electron chi connectivity index (χ4n) is 2.01. The summed E-state index contributed by atoms with van der Waals surface area (Å²) in [5.41, 5.74) is -0.971. The first-order chi connectivity index (χ1) is 9.99. The van der Waals surface area contributed by atoms with E-state index in [1.807, 2.05) is 4.90 Å². The van der Waals surface area contributed by atoms with Gasteiger partial charge in [-0.1, -0.05) is 0 Å². The Morgan fingerprint density at radius 1 is 1.14 bits per heavy atom. The van der Waals surface area contributed by atoms with E-state index in [0.29, 0.717) is 26.3 Å². The second-order valence-corrected chi connectivity index (χ2v) is 4.64. The minimum atomic E-state index is -1.74. The van der Waals surface area contributed by atoms with Crippen LogP contribution in [0.1, 0.15) is 0 Å². The number of halogens is 4. The van der Waals surface area contributed by atoms with Crippen LogP contribution in [0.2, 0.25) is 0 Å². The molecule has 1 aliphatic heterocycles. The molecular formula is C12H15F4N3O2. The molecule has 5 nitrogen and oxygen atoms in total. The number of rotatable bonds is 5. The molecule has 9 heteroatoms. The number of morpholine rings is 1. The number of anilines is 1. The van der Waals surface area contributed by atoms with E-state index in [1.165, 1.54) is 0 Å². The first-order valence-corrected chi connectivity index (χ1v) is 6.41. The monoisotopic (exact) mass is 309 g/mol. The van der Waals surface area contributed by atoms with Crippen LogP contribution in [-0.2, 0) is 4.74 Å². The molecule has 0 bridgehead atoms. The molecule has 0 spiro atoms. The van der Waals surface area contributed by atoms with Gasteiger partial charge in [0, 0.05) is 26.2 Å². The molecule has 0 aliphatic carbocycles. The lowest BCUT2D eigenvalue weighted by Crippen LogP contribution is -2.42. The predicted octanol–water partition coefficient (Wildman–Crippen LogP) is 0.743. The van der Waals surface area contributed by atoms with Crippen LogP contribution < -0.4 is 5.32 Å². The third kappa shape index (κ3) is 4.02. The number of hydrogen-bond acceptors (Lipinski definition) is 5. The van der Waals surface area contributed by atoms with Crippen molar-refractivity contribution in [3.05, 3.63) is 23.5 Å². The molecular weight excluding hydrogens is 294 g/mol. The van der Waals surface area contributed by atoms with Gasteiger partial charge in [-0.3, -0.25) is 4.90 Å². The van der Waals surface area contributed by atoms with E-state index in [9.17, 15) is 22.7 Å². The summed E-state index contributed by atoms with van der Waals surface area (Å²) < 4.78 is 57.6. The molecule has 2 rings (SSSR count). The van der Waals surface area contributed by atoms with Crippen molar-refractivity contribution in [1.29, 1.82) is 0 Å². The lowest BCUT2D eigenvalue weighted by Gasteiger charge is -2.28. The van der Waals surface area contributed by atoms with Gasteiger partial charge in [0.05, 0.1) is 19.3 Å². The Labute approximate surface area is 118 Å². The highest BCUT2D eigenvalue weighted by Gasteiger charge is 2.22. The maximum absolute atomic E-state index is 13.3. The number of β-amino-alcohol motifs (C(OH)–C–C–N with tert-alkyl or cyclic N) is 1. The normalized spacial score (nSPS) is 17.8. The van der Waals surface area contributed by atoms with E-state index < -0.39 is 35.3 Å². The van der Waals surface area contributed by atoms with Gasteiger partial charge in [0.1, 0.15) is 5.69 Å². The van der Waals surface area contributed by atoms with E-state index in [0.717, 1.165) is 0 Å². The zero-order valence-electron chi connectivity index (χ0n) is 11.1. The minimum Gasteiger partial charge on any atom is -0.390 e. The molecule has 1 atom stereocenters. The molecule has 1 saturated heterocycles. The van der Waals surface area contributed by atoms with E-state index in [4.69, 9.17) is 4.74 Å². The highest BCUT2D eigenvalue weighted by Crippen LogP contribution is 2.21. The topological polar surface area (TPSA) is 57.6 Å². The lowest BCUT2D eigenvalue weighted by molar-refractivity contribution is 0.0171. The number of aliphatic hydroxyl groups is 1. The van der Waals surface area contributed by atoms with Crippen LogP contribution >= 0.6 is 0 Å². The molecule has 0 amide bonds. The van der Waals surface area contributed by atoms with Crippen molar-refractivity contribution in [2.24, 2.45) is 0 Å². The van der Waals surface area contributed by atoms with Gasteiger partial charge in [0.2, 0.25) is 11.6 Å². The van der Waals surface area contributed by atoms with Crippen LogP contribution in [0.15, 0.2) is 0 Å². The molecule has 118 valence electrons. The summed E-state index contributed by atoms with van der Waals surface area (Å²) in [6.45, 7) is 2.37. The van der Waals surface area contributed by atoms with Crippen LogP contribution in [0.5, 0.6) is 0 Å². The van der Waals surface area contributed by atoms with Gasteiger partial charge in [-0.15, -0.1) is 0 Å². The Morgan fingerprint density at radius 3 is 2.29 bits per heavy atom. The number of hydrogen-bond donors (Lipinski definition) is 2. The number of nitrogens with zero attached hydrogens (tertiary/aromatic N) is 2. The molecule has 0 saturated carbocycles. The molecule has 1 aliphatic rings. The SMILES string of the molecule is OC(CNc1c(F)c(F)nc(F)c1F)CN1CCOCC1. The van der Waals surface area contributed by atoms with E-state index in [1.54, 1.807) is 0 Å². The lowest BCUT2D eigenvalue weighted by atomic mass is 10.2. The molecule has 1 unspecified atom stereocenters. The second-order valence-electron chi connectivity index (χ2n) is 4.64. The summed E-state index contributed by atoms with van der Waals surface area (Å²) in [6.07, 6.45) is -0.957. The van der Waals surface area contributed by atoms with Gasteiger partial charge in [0.15, 0.2) is 0 Å². The maximum atomic E-state index is 13.3. The van der Waals surface area contributed by atoms with Crippen LogP contribution in [-0.4, -0.2) is 60.5 Å². The van der Waals surface area contributed by atoms with E-state index >= 15 is 0 Å². The smallest absolute Gasteiger partial charge is 0.253 e. The summed E-state index contributed by atoms with van der Waals surface area (Å²) in [4.78, 5) is 4.36. The molecule has 2 N–H and O–H groups in total. The molecule has 2 heterocycles. The average molecular weight is 309 g/mol. The average Bonchev–Trinajstić information content (AvgIpc) is 2.46. The largest absolute Gasteiger partial charge is 0.390 e. The third-order valence-electron chi connectivity index (χ3n) is 3.08. The Morgan fingerprint density at radius 2 is 1.71 bits per heavy atom. The Bertz CT molecular complexity index is 472. The third-order valence-corrected chi connectivity index (χ3v) is 3.08. The van der Waals surface area contributed by atoms with Crippen molar-refractivity contribution in [2.45, 2.75) is 6.10 Å². The van der Waals surface area contributed by atoms with Gasteiger partial charge in [-0.25, -0.2) is 0 Å². The highest BCUT2D eigenvalue weighted by atomic mass is 19.2. The van der Waals surface area contributed by atoms with Gasteiger partial charge < -0.3 is 15.2 Å². The summed E-state index contributed by atoms with van der Waals surface area (Å²) in [5, 5.41) is 12.0. The molecule has 21 heavy (non-hydrogen) atoms. The molecule has 1 aromatic heterocycles. The van der Waals surface area contributed by atoms with Gasteiger partial charge in [0.25, 0.3) is 11.9 Å². The van der Waals surface area contributed by atoms with Gasteiger partial charge >= 0.3 is 0 Å².